The smallest absolute Gasteiger partial charge is 0.264 e. The fourth-order valence-corrected chi connectivity index (χ4v) is 3.81. The lowest BCUT2D eigenvalue weighted by atomic mass is 9.78. The van der Waals surface area contributed by atoms with Gasteiger partial charge in [0.2, 0.25) is 0 Å². The van der Waals surface area contributed by atoms with Crippen molar-refractivity contribution in [2.24, 2.45) is 5.41 Å². The Hall–Kier alpha value is -1.34. The summed E-state index contributed by atoms with van der Waals surface area (Å²) in [4.78, 5) is 14.8. The molecule has 3 nitrogen and oxygen atoms in total. The van der Waals surface area contributed by atoms with Crippen molar-refractivity contribution in [3.05, 3.63) is 21.9 Å². The molecular formula is C13H14N2OS. The summed E-state index contributed by atoms with van der Waals surface area (Å²) in [5.41, 5.74) is 1.04. The molecule has 1 aliphatic heterocycles. The van der Waals surface area contributed by atoms with Gasteiger partial charge in [-0.2, -0.15) is 5.26 Å². The second kappa shape index (κ2) is 3.85. The Morgan fingerprint density at radius 3 is 2.71 bits per heavy atom. The third kappa shape index (κ3) is 1.75. The number of hydrogen-bond acceptors (Lipinski definition) is 3. The zero-order chi connectivity index (χ0) is 11.9. The van der Waals surface area contributed by atoms with E-state index in [0.717, 1.165) is 13.1 Å². The largest absolute Gasteiger partial charge is 0.337 e. The maximum Gasteiger partial charge on any atom is 0.264 e. The van der Waals surface area contributed by atoms with Crippen LogP contribution in [0, 0.1) is 16.7 Å². The van der Waals surface area contributed by atoms with Crippen molar-refractivity contribution in [2.75, 3.05) is 13.1 Å². The van der Waals surface area contributed by atoms with Crippen molar-refractivity contribution in [1.29, 1.82) is 5.26 Å². The van der Waals surface area contributed by atoms with Crippen LogP contribution in [0.15, 0.2) is 11.4 Å². The van der Waals surface area contributed by atoms with Crippen LogP contribution in [0.3, 0.4) is 0 Å². The third-order valence-electron chi connectivity index (χ3n) is 3.94. The van der Waals surface area contributed by atoms with Crippen molar-refractivity contribution in [3.8, 4) is 6.07 Å². The maximum absolute atomic E-state index is 12.1. The van der Waals surface area contributed by atoms with E-state index in [2.05, 4.69) is 6.07 Å². The SMILES string of the molecule is N#Cc1csc(C(=O)N2CC3(CCCC3)C2)c1. The molecule has 0 radical (unpaired) electrons. The minimum absolute atomic E-state index is 0.106. The molecule has 2 aliphatic rings. The fourth-order valence-electron chi connectivity index (χ4n) is 3.01. The number of carbonyl (C=O) groups excluding carboxylic acids is 1. The summed E-state index contributed by atoms with van der Waals surface area (Å²) in [6.07, 6.45) is 5.20. The Labute approximate surface area is 105 Å². The molecular weight excluding hydrogens is 232 g/mol. The van der Waals surface area contributed by atoms with Crippen LogP contribution in [0.4, 0.5) is 0 Å². The Morgan fingerprint density at radius 2 is 2.12 bits per heavy atom. The standard InChI is InChI=1S/C13H14N2OS/c14-6-10-5-11(17-7-10)12(16)15-8-13(9-15)3-1-2-4-13/h5,7H,1-4,8-9H2. The van der Waals surface area contributed by atoms with Gasteiger partial charge in [-0.1, -0.05) is 12.8 Å². The van der Waals surface area contributed by atoms with Gasteiger partial charge in [-0.25, -0.2) is 0 Å². The van der Waals surface area contributed by atoms with E-state index < -0.39 is 0 Å². The average Bonchev–Trinajstić information content (AvgIpc) is 2.95. The first kappa shape index (κ1) is 10.8. The van der Waals surface area contributed by atoms with Crippen molar-refractivity contribution in [1.82, 2.24) is 4.90 Å². The summed E-state index contributed by atoms with van der Waals surface area (Å²) >= 11 is 1.38. The molecule has 1 aromatic heterocycles. The minimum atomic E-state index is 0.106. The lowest BCUT2D eigenvalue weighted by molar-refractivity contribution is 0.00973. The summed E-state index contributed by atoms with van der Waals surface area (Å²) in [6.45, 7) is 1.84. The molecule has 1 spiro atoms. The highest BCUT2D eigenvalue weighted by Crippen LogP contribution is 2.45. The van der Waals surface area contributed by atoms with E-state index in [4.69, 9.17) is 5.26 Å². The van der Waals surface area contributed by atoms with Crippen LogP contribution in [-0.2, 0) is 0 Å². The predicted octanol–water partition coefficient (Wildman–Crippen LogP) is 2.64. The third-order valence-corrected chi connectivity index (χ3v) is 4.86. The average molecular weight is 246 g/mol. The van der Waals surface area contributed by atoms with Crippen LogP contribution in [-0.4, -0.2) is 23.9 Å². The lowest BCUT2D eigenvalue weighted by Crippen LogP contribution is -2.56. The number of hydrogen-bond donors (Lipinski definition) is 0. The monoisotopic (exact) mass is 246 g/mol. The molecule has 0 bridgehead atoms. The molecule has 0 N–H and O–H groups in total. The van der Waals surface area contributed by atoms with Gasteiger partial charge >= 0.3 is 0 Å². The number of likely N-dealkylation sites (tertiary alicyclic amines) is 1. The van der Waals surface area contributed by atoms with Crippen LogP contribution in [0.1, 0.15) is 40.9 Å². The summed E-state index contributed by atoms with van der Waals surface area (Å²) in [5.74, 6) is 0.106. The molecule has 1 aromatic rings. The van der Waals surface area contributed by atoms with Crippen molar-refractivity contribution < 1.29 is 4.79 Å². The first-order valence-electron chi connectivity index (χ1n) is 6.00. The van der Waals surface area contributed by atoms with E-state index in [-0.39, 0.29) is 5.91 Å². The van der Waals surface area contributed by atoms with Gasteiger partial charge in [0, 0.05) is 23.9 Å². The summed E-state index contributed by atoms with van der Waals surface area (Å²) in [5, 5.41) is 10.5. The van der Waals surface area contributed by atoms with Crippen molar-refractivity contribution in [2.45, 2.75) is 25.7 Å². The number of thiophene rings is 1. The molecule has 3 rings (SSSR count). The number of carbonyl (C=O) groups is 1. The number of amides is 1. The summed E-state index contributed by atoms with van der Waals surface area (Å²) < 4.78 is 0. The molecule has 1 aliphatic carbocycles. The zero-order valence-corrected chi connectivity index (χ0v) is 10.4. The second-order valence-corrected chi connectivity index (χ2v) is 6.09. The Kier molecular flexibility index (Phi) is 2.44. The van der Waals surface area contributed by atoms with Gasteiger partial charge in [0.25, 0.3) is 5.91 Å². The topological polar surface area (TPSA) is 44.1 Å². The van der Waals surface area contributed by atoms with Gasteiger partial charge in [0.05, 0.1) is 10.4 Å². The van der Waals surface area contributed by atoms with E-state index in [1.54, 1.807) is 11.4 Å². The highest BCUT2D eigenvalue weighted by Gasteiger charge is 2.46. The van der Waals surface area contributed by atoms with Crippen LogP contribution >= 0.6 is 11.3 Å². The van der Waals surface area contributed by atoms with Crippen LogP contribution in [0.2, 0.25) is 0 Å². The number of nitrogens with zero attached hydrogens (tertiary/aromatic N) is 2. The Balaban J connectivity index is 1.67. The molecule has 0 atom stereocenters. The molecule has 1 saturated carbocycles. The molecule has 0 unspecified atom stereocenters. The highest BCUT2D eigenvalue weighted by molar-refractivity contribution is 7.12. The van der Waals surface area contributed by atoms with E-state index in [0.29, 0.717) is 15.9 Å². The maximum atomic E-state index is 12.1. The van der Waals surface area contributed by atoms with E-state index >= 15 is 0 Å². The molecule has 1 saturated heterocycles. The van der Waals surface area contributed by atoms with Crippen LogP contribution in [0.25, 0.3) is 0 Å². The van der Waals surface area contributed by atoms with Crippen LogP contribution in [0.5, 0.6) is 0 Å². The van der Waals surface area contributed by atoms with Gasteiger partial charge in [-0.05, 0) is 18.9 Å². The molecule has 88 valence electrons. The fraction of sp³-hybridized carbons (Fsp3) is 0.538. The van der Waals surface area contributed by atoms with Gasteiger partial charge in [-0.15, -0.1) is 11.3 Å². The quantitative estimate of drug-likeness (QED) is 0.764. The van der Waals surface area contributed by atoms with Gasteiger partial charge in [-0.3, -0.25) is 4.79 Å². The van der Waals surface area contributed by atoms with Crippen molar-refractivity contribution in [3.63, 3.8) is 0 Å². The van der Waals surface area contributed by atoms with Gasteiger partial charge < -0.3 is 4.90 Å². The molecule has 0 aromatic carbocycles. The van der Waals surface area contributed by atoms with Gasteiger partial charge in [0.1, 0.15) is 6.07 Å². The summed E-state index contributed by atoms with van der Waals surface area (Å²) in [6, 6.07) is 3.77. The van der Waals surface area contributed by atoms with Gasteiger partial charge in [0.15, 0.2) is 0 Å². The first-order chi connectivity index (χ1) is 8.22. The molecule has 2 heterocycles. The van der Waals surface area contributed by atoms with E-state index in [9.17, 15) is 4.79 Å². The lowest BCUT2D eigenvalue weighted by Gasteiger charge is -2.48. The summed E-state index contributed by atoms with van der Waals surface area (Å²) in [7, 11) is 0. The van der Waals surface area contributed by atoms with E-state index in [1.165, 1.54) is 37.0 Å². The Morgan fingerprint density at radius 1 is 1.41 bits per heavy atom. The van der Waals surface area contributed by atoms with Crippen molar-refractivity contribution >= 4 is 17.2 Å². The first-order valence-corrected chi connectivity index (χ1v) is 6.88. The molecule has 2 fully saturated rings. The highest BCUT2D eigenvalue weighted by atomic mass is 32.1. The van der Waals surface area contributed by atoms with Crippen LogP contribution < -0.4 is 0 Å². The zero-order valence-electron chi connectivity index (χ0n) is 9.61. The minimum Gasteiger partial charge on any atom is -0.337 e. The molecule has 17 heavy (non-hydrogen) atoms. The Bertz CT molecular complexity index is 486. The molecule has 4 heteroatoms. The second-order valence-electron chi connectivity index (χ2n) is 5.18. The number of nitriles is 1. The predicted molar refractivity (Wildman–Crippen MR) is 65.8 cm³/mol. The molecule has 1 amide bonds. The number of rotatable bonds is 1. The normalized spacial score (nSPS) is 21.2. The van der Waals surface area contributed by atoms with E-state index in [1.807, 2.05) is 4.90 Å².